The van der Waals surface area contributed by atoms with Gasteiger partial charge in [0.2, 0.25) is 0 Å². The average molecular weight is 277 g/mol. The molecule has 2 aromatic rings. The van der Waals surface area contributed by atoms with Gasteiger partial charge in [0.1, 0.15) is 12.3 Å². The molecule has 2 aromatic carbocycles. The summed E-state index contributed by atoms with van der Waals surface area (Å²) in [5.41, 5.74) is 2.60. The summed E-state index contributed by atoms with van der Waals surface area (Å²) in [6, 6.07) is 16.3. The average Bonchev–Trinajstić information content (AvgIpc) is 2.44. The Kier molecular flexibility index (Phi) is 5.25. The van der Waals surface area contributed by atoms with Crippen molar-refractivity contribution in [3.63, 3.8) is 0 Å². The summed E-state index contributed by atoms with van der Waals surface area (Å²) >= 11 is 5.96. The van der Waals surface area contributed by atoms with E-state index in [1.54, 1.807) is 7.11 Å². The number of quaternary nitrogens is 1. The highest BCUT2D eigenvalue weighted by Crippen LogP contribution is 2.11. The van der Waals surface area contributed by atoms with Gasteiger partial charge in [0, 0.05) is 17.0 Å². The lowest BCUT2D eigenvalue weighted by molar-refractivity contribution is -0.670. The minimum Gasteiger partial charge on any atom is -0.497 e. The molecule has 19 heavy (non-hydrogen) atoms. The van der Waals surface area contributed by atoms with E-state index in [1.807, 2.05) is 30.3 Å². The molecule has 0 aromatic heterocycles. The Bertz CT molecular complexity index is 510. The molecule has 0 atom stereocenters. The van der Waals surface area contributed by atoms with Gasteiger partial charge in [-0.3, -0.25) is 0 Å². The van der Waals surface area contributed by atoms with E-state index >= 15 is 0 Å². The van der Waals surface area contributed by atoms with Crippen molar-refractivity contribution in [1.29, 1.82) is 0 Å². The fraction of sp³-hybridized carbons (Fsp3) is 0.250. The van der Waals surface area contributed by atoms with Gasteiger partial charge in [-0.15, -0.1) is 0 Å². The molecule has 0 aliphatic carbocycles. The highest BCUT2D eigenvalue weighted by molar-refractivity contribution is 6.30. The standard InChI is InChI=1S/C16H18ClNO/c1-19-16-7-5-13(6-8-16)9-10-18-12-14-3-2-4-15(17)11-14/h2-8,11,18H,9-10,12H2,1H3/p+1. The molecule has 0 saturated carbocycles. The summed E-state index contributed by atoms with van der Waals surface area (Å²) in [5, 5.41) is 3.11. The lowest BCUT2D eigenvalue weighted by Gasteiger charge is -2.04. The first kappa shape index (κ1) is 13.9. The molecule has 2 N–H and O–H groups in total. The summed E-state index contributed by atoms with van der Waals surface area (Å²) in [6.07, 6.45) is 1.06. The van der Waals surface area contributed by atoms with Gasteiger partial charge >= 0.3 is 0 Å². The van der Waals surface area contributed by atoms with Crippen molar-refractivity contribution < 1.29 is 10.1 Å². The van der Waals surface area contributed by atoms with Gasteiger partial charge in [0.15, 0.2) is 0 Å². The quantitative estimate of drug-likeness (QED) is 0.807. The highest BCUT2D eigenvalue weighted by atomic mass is 35.5. The van der Waals surface area contributed by atoms with Crippen LogP contribution in [0.4, 0.5) is 0 Å². The van der Waals surface area contributed by atoms with Crippen molar-refractivity contribution in [2.45, 2.75) is 13.0 Å². The molecule has 0 heterocycles. The SMILES string of the molecule is COc1ccc(CC[NH2+]Cc2cccc(Cl)c2)cc1. The topological polar surface area (TPSA) is 25.8 Å². The molecule has 0 aliphatic rings. The van der Waals surface area contributed by atoms with Gasteiger partial charge in [-0.2, -0.15) is 0 Å². The molecule has 0 aliphatic heterocycles. The molecule has 2 rings (SSSR count). The van der Waals surface area contributed by atoms with Crippen LogP contribution in [-0.4, -0.2) is 13.7 Å². The van der Waals surface area contributed by atoms with Crippen LogP contribution in [0.2, 0.25) is 5.02 Å². The number of nitrogens with two attached hydrogens (primary N) is 1. The van der Waals surface area contributed by atoms with Crippen molar-refractivity contribution >= 4 is 11.6 Å². The van der Waals surface area contributed by atoms with Crippen molar-refractivity contribution in [3.05, 3.63) is 64.7 Å². The number of hydrogen-bond donors (Lipinski definition) is 1. The van der Waals surface area contributed by atoms with E-state index in [-0.39, 0.29) is 0 Å². The molecule has 0 spiro atoms. The van der Waals surface area contributed by atoms with Crippen LogP contribution in [0.5, 0.6) is 5.75 Å². The fourth-order valence-electron chi connectivity index (χ4n) is 1.99. The first-order valence-corrected chi connectivity index (χ1v) is 6.85. The maximum atomic E-state index is 5.96. The van der Waals surface area contributed by atoms with Crippen LogP contribution in [-0.2, 0) is 13.0 Å². The normalized spacial score (nSPS) is 10.4. The lowest BCUT2D eigenvalue weighted by Crippen LogP contribution is -2.83. The van der Waals surface area contributed by atoms with E-state index in [1.165, 1.54) is 11.1 Å². The van der Waals surface area contributed by atoms with Crippen LogP contribution in [0.15, 0.2) is 48.5 Å². The largest absolute Gasteiger partial charge is 0.497 e. The molecule has 2 nitrogen and oxygen atoms in total. The predicted octanol–water partition coefficient (Wildman–Crippen LogP) is 2.65. The molecule has 0 radical (unpaired) electrons. The van der Waals surface area contributed by atoms with Crippen LogP contribution in [0.3, 0.4) is 0 Å². The van der Waals surface area contributed by atoms with Gasteiger partial charge in [0.25, 0.3) is 0 Å². The van der Waals surface area contributed by atoms with E-state index in [9.17, 15) is 0 Å². The number of methoxy groups -OCH3 is 1. The molecule has 0 unspecified atom stereocenters. The number of rotatable bonds is 6. The Morgan fingerprint density at radius 1 is 1.05 bits per heavy atom. The maximum Gasteiger partial charge on any atom is 0.118 e. The smallest absolute Gasteiger partial charge is 0.118 e. The third-order valence-electron chi connectivity index (χ3n) is 3.07. The Balaban J connectivity index is 1.74. The van der Waals surface area contributed by atoms with E-state index in [0.29, 0.717) is 0 Å². The molecule has 3 heteroatoms. The third kappa shape index (κ3) is 4.58. The predicted molar refractivity (Wildman–Crippen MR) is 78.6 cm³/mol. The summed E-state index contributed by atoms with van der Waals surface area (Å²) in [6.45, 7) is 2.04. The molecule has 0 saturated heterocycles. The number of halogens is 1. The van der Waals surface area contributed by atoms with Crippen molar-refractivity contribution in [3.8, 4) is 5.75 Å². The van der Waals surface area contributed by atoms with Gasteiger partial charge < -0.3 is 10.1 Å². The molecular weight excluding hydrogens is 258 g/mol. The second-order valence-electron chi connectivity index (χ2n) is 4.51. The second kappa shape index (κ2) is 7.17. The van der Waals surface area contributed by atoms with Crippen LogP contribution in [0.25, 0.3) is 0 Å². The van der Waals surface area contributed by atoms with E-state index in [4.69, 9.17) is 16.3 Å². The molecule has 0 bridgehead atoms. The summed E-state index contributed by atoms with van der Waals surface area (Å²) in [7, 11) is 1.69. The zero-order chi connectivity index (χ0) is 13.5. The van der Waals surface area contributed by atoms with Crippen molar-refractivity contribution in [2.24, 2.45) is 0 Å². The highest BCUT2D eigenvalue weighted by Gasteiger charge is 1.99. The fourth-order valence-corrected chi connectivity index (χ4v) is 2.21. The Morgan fingerprint density at radius 3 is 2.53 bits per heavy atom. The molecule has 0 fully saturated rings. The minimum absolute atomic E-state index is 0.807. The zero-order valence-electron chi connectivity index (χ0n) is 11.1. The Hall–Kier alpha value is -1.51. The molecular formula is C16H19ClNO+. The van der Waals surface area contributed by atoms with E-state index in [0.717, 1.165) is 30.3 Å². The van der Waals surface area contributed by atoms with Crippen LogP contribution in [0.1, 0.15) is 11.1 Å². The monoisotopic (exact) mass is 276 g/mol. The maximum absolute atomic E-state index is 5.96. The van der Waals surface area contributed by atoms with Crippen LogP contribution >= 0.6 is 11.6 Å². The van der Waals surface area contributed by atoms with E-state index in [2.05, 4.69) is 23.5 Å². The Morgan fingerprint density at radius 2 is 1.84 bits per heavy atom. The van der Waals surface area contributed by atoms with Gasteiger partial charge in [-0.05, 0) is 29.8 Å². The summed E-state index contributed by atoms with van der Waals surface area (Å²) in [5.74, 6) is 0.909. The summed E-state index contributed by atoms with van der Waals surface area (Å²) < 4.78 is 5.14. The molecule has 100 valence electrons. The van der Waals surface area contributed by atoms with Gasteiger partial charge in [-0.25, -0.2) is 0 Å². The third-order valence-corrected chi connectivity index (χ3v) is 3.30. The minimum atomic E-state index is 0.807. The van der Waals surface area contributed by atoms with Crippen LogP contribution < -0.4 is 10.1 Å². The van der Waals surface area contributed by atoms with Crippen LogP contribution in [0, 0.1) is 0 Å². The second-order valence-corrected chi connectivity index (χ2v) is 4.95. The first-order chi connectivity index (χ1) is 9.28. The number of hydrogen-bond acceptors (Lipinski definition) is 1. The molecule has 0 amide bonds. The number of ether oxygens (including phenoxy) is 1. The lowest BCUT2D eigenvalue weighted by atomic mass is 10.1. The van der Waals surface area contributed by atoms with Gasteiger partial charge in [0.05, 0.1) is 13.7 Å². The van der Waals surface area contributed by atoms with Gasteiger partial charge in [-0.1, -0.05) is 35.9 Å². The van der Waals surface area contributed by atoms with Crippen molar-refractivity contribution in [2.75, 3.05) is 13.7 Å². The van der Waals surface area contributed by atoms with E-state index < -0.39 is 0 Å². The number of benzene rings is 2. The first-order valence-electron chi connectivity index (χ1n) is 6.47. The summed E-state index contributed by atoms with van der Waals surface area (Å²) in [4.78, 5) is 0. The Labute approximate surface area is 119 Å². The van der Waals surface area contributed by atoms with Crippen molar-refractivity contribution in [1.82, 2.24) is 0 Å². The zero-order valence-corrected chi connectivity index (χ0v) is 11.9.